The molecule has 0 spiro atoms. The average Bonchev–Trinajstić information content (AvgIpc) is 2.71. The van der Waals surface area contributed by atoms with Crippen molar-refractivity contribution in [2.45, 2.75) is 53.1 Å². The molecule has 112 valence electrons. The highest BCUT2D eigenvalue weighted by Crippen LogP contribution is 2.24. The van der Waals surface area contributed by atoms with Gasteiger partial charge in [-0.3, -0.25) is 5.10 Å². The lowest BCUT2D eigenvalue weighted by Crippen LogP contribution is -2.25. The fourth-order valence-corrected chi connectivity index (χ4v) is 1.75. The van der Waals surface area contributed by atoms with Crippen molar-refractivity contribution in [2.24, 2.45) is 0 Å². The van der Waals surface area contributed by atoms with Crippen LogP contribution < -0.4 is 0 Å². The van der Waals surface area contributed by atoms with Gasteiger partial charge in [0.1, 0.15) is 11.3 Å². The quantitative estimate of drug-likeness (QED) is 0.859. The molecule has 0 fully saturated rings. The highest BCUT2D eigenvalue weighted by molar-refractivity contribution is 5.96. The Kier molecular flexibility index (Phi) is 4.92. The summed E-state index contributed by atoms with van der Waals surface area (Å²) in [4.78, 5) is 24.0. The van der Waals surface area contributed by atoms with Gasteiger partial charge < -0.3 is 9.47 Å². The first-order valence-corrected chi connectivity index (χ1v) is 6.66. The van der Waals surface area contributed by atoms with Crippen LogP contribution in [0.4, 0.5) is 0 Å². The lowest BCUT2D eigenvalue weighted by Gasteiger charge is -2.19. The third kappa shape index (κ3) is 3.82. The number of esters is 2. The van der Waals surface area contributed by atoms with Crippen LogP contribution in [0.1, 0.15) is 74.0 Å². The Morgan fingerprint density at radius 3 is 2.30 bits per heavy atom. The molecule has 0 atom stereocenters. The first-order chi connectivity index (χ1) is 9.17. The molecule has 0 radical (unpaired) electrons. The summed E-state index contributed by atoms with van der Waals surface area (Å²) in [5.74, 6) is -1.12. The molecule has 6 heteroatoms. The van der Waals surface area contributed by atoms with Crippen LogP contribution in [0.2, 0.25) is 0 Å². The summed E-state index contributed by atoms with van der Waals surface area (Å²) in [7, 11) is 0. The lowest BCUT2D eigenvalue weighted by molar-refractivity contribution is 0.00611. The molecule has 0 unspecified atom stereocenters. The Labute approximate surface area is 118 Å². The van der Waals surface area contributed by atoms with Gasteiger partial charge in [0.2, 0.25) is 0 Å². The predicted octanol–water partition coefficient (Wildman–Crippen LogP) is 2.67. The SMILES string of the molecule is CCOC(=O)c1[nH]nc(C(=O)OC(C)(C)C)c1C(C)C. The second-order valence-corrected chi connectivity index (χ2v) is 5.74. The smallest absolute Gasteiger partial charge is 0.359 e. The van der Waals surface area contributed by atoms with Crippen molar-refractivity contribution in [1.29, 1.82) is 0 Å². The van der Waals surface area contributed by atoms with Crippen LogP contribution in [0.15, 0.2) is 0 Å². The first kappa shape index (κ1) is 16.2. The topological polar surface area (TPSA) is 81.3 Å². The van der Waals surface area contributed by atoms with Crippen molar-refractivity contribution in [1.82, 2.24) is 10.2 Å². The van der Waals surface area contributed by atoms with Crippen molar-refractivity contribution < 1.29 is 19.1 Å². The van der Waals surface area contributed by atoms with Crippen LogP contribution in [0, 0.1) is 0 Å². The van der Waals surface area contributed by atoms with E-state index in [9.17, 15) is 9.59 Å². The fourth-order valence-electron chi connectivity index (χ4n) is 1.75. The number of rotatable bonds is 4. The molecule has 1 aromatic rings. The zero-order valence-corrected chi connectivity index (χ0v) is 12.9. The normalized spacial score (nSPS) is 11.6. The number of carbonyl (C=O) groups is 2. The molecule has 20 heavy (non-hydrogen) atoms. The number of aromatic amines is 1. The van der Waals surface area contributed by atoms with E-state index in [1.807, 2.05) is 13.8 Å². The van der Waals surface area contributed by atoms with Crippen LogP contribution in [0.25, 0.3) is 0 Å². The number of nitrogens with zero attached hydrogens (tertiary/aromatic N) is 1. The summed E-state index contributed by atoms with van der Waals surface area (Å²) in [6.45, 7) is 11.1. The molecule has 1 N–H and O–H groups in total. The molecular formula is C14H22N2O4. The molecule has 0 saturated heterocycles. The highest BCUT2D eigenvalue weighted by atomic mass is 16.6. The van der Waals surface area contributed by atoms with Crippen LogP contribution in [0.3, 0.4) is 0 Å². The van der Waals surface area contributed by atoms with Gasteiger partial charge in [0.25, 0.3) is 0 Å². The Morgan fingerprint density at radius 2 is 1.85 bits per heavy atom. The molecule has 0 amide bonds. The van der Waals surface area contributed by atoms with Gasteiger partial charge in [-0.15, -0.1) is 0 Å². The van der Waals surface area contributed by atoms with Crippen molar-refractivity contribution in [3.05, 3.63) is 17.0 Å². The Hall–Kier alpha value is -1.85. The summed E-state index contributed by atoms with van der Waals surface area (Å²) >= 11 is 0. The second kappa shape index (κ2) is 6.07. The molecule has 1 aromatic heterocycles. The van der Waals surface area contributed by atoms with Crippen molar-refractivity contribution in [3.63, 3.8) is 0 Å². The lowest BCUT2D eigenvalue weighted by atomic mass is 10.00. The Balaban J connectivity index is 3.16. The second-order valence-electron chi connectivity index (χ2n) is 5.74. The van der Waals surface area contributed by atoms with Gasteiger partial charge in [0.05, 0.1) is 6.61 Å². The maximum Gasteiger partial charge on any atom is 0.359 e. The van der Waals surface area contributed by atoms with E-state index < -0.39 is 17.5 Å². The molecule has 0 aliphatic heterocycles. The third-order valence-corrected chi connectivity index (χ3v) is 2.45. The van der Waals surface area contributed by atoms with Gasteiger partial charge in [0, 0.05) is 5.56 Å². The van der Waals surface area contributed by atoms with E-state index in [1.165, 1.54) is 0 Å². The maximum absolute atomic E-state index is 12.1. The summed E-state index contributed by atoms with van der Waals surface area (Å²) in [6.07, 6.45) is 0. The molecule has 1 heterocycles. The average molecular weight is 282 g/mol. The van der Waals surface area contributed by atoms with Crippen LogP contribution in [0.5, 0.6) is 0 Å². The van der Waals surface area contributed by atoms with E-state index in [0.29, 0.717) is 5.56 Å². The number of H-pyrrole nitrogens is 1. The fraction of sp³-hybridized carbons (Fsp3) is 0.643. The van der Waals surface area contributed by atoms with Gasteiger partial charge in [-0.1, -0.05) is 13.8 Å². The van der Waals surface area contributed by atoms with Crippen LogP contribution in [-0.2, 0) is 9.47 Å². The minimum atomic E-state index is -0.617. The van der Waals surface area contributed by atoms with Gasteiger partial charge in [-0.2, -0.15) is 5.10 Å². The Morgan fingerprint density at radius 1 is 1.25 bits per heavy atom. The van der Waals surface area contributed by atoms with E-state index in [-0.39, 0.29) is 23.9 Å². The molecule has 0 aliphatic rings. The molecule has 0 bridgehead atoms. The molecule has 0 aromatic carbocycles. The minimum absolute atomic E-state index is 0.0596. The van der Waals surface area contributed by atoms with E-state index >= 15 is 0 Å². The number of ether oxygens (including phenoxy) is 2. The zero-order chi connectivity index (χ0) is 15.5. The number of hydrogen-bond acceptors (Lipinski definition) is 5. The monoisotopic (exact) mass is 282 g/mol. The predicted molar refractivity (Wildman–Crippen MR) is 73.8 cm³/mol. The van der Waals surface area contributed by atoms with E-state index in [0.717, 1.165) is 0 Å². The van der Waals surface area contributed by atoms with Crippen molar-refractivity contribution >= 4 is 11.9 Å². The number of hydrogen-bond donors (Lipinski definition) is 1. The maximum atomic E-state index is 12.1. The van der Waals surface area contributed by atoms with E-state index in [2.05, 4.69) is 10.2 Å². The standard InChI is InChI=1S/C14H22N2O4/c1-7-19-12(17)10-9(8(2)3)11(16-15-10)13(18)20-14(4,5)6/h8H,7H2,1-6H3,(H,15,16). The van der Waals surface area contributed by atoms with Crippen molar-refractivity contribution in [3.8, 4) is 0 Å². The van der Waals surface area contributed by atoms with Crippen LogP contribution >= 0.6 is 0 Å². The summed E-state index contributed by atoms with van der Waals surface area (Å²) in [5.41, 5.74) is 0.257. The molecule has 0 aliphatic carbocycles. The van der Waals surface area contributed by atoms with Gasteiger partial charge in [-0.25, -0.2) is 9.59 Å². The summed E-state index contributed by atoms with van der Waals surface area (Å²) in [6, 6.07) is 0. The van der Waals surface area contributed by atoms with Crippen molar-refractivity contribution in [2.75, 3.05) is 6.61 Å². The van der Waals surface area contributed by atoms with E-state index in [1.54, 1.807) is 27.7 Å². The van der Waals surface area contributed by atoms with Gasteiger partial charge in [0.15, 0.2) is 5.69 Å². The third-order valence-electron chi connectivity index (χ3n) is 2.45. The largest absolute Gasteiger partial charge is 0.461 e. The molecule has 6 nitrogen and oxygen atoms in total. The van der Waals surface area contributed by atoms with Gasteiger partial charge >= 0.3 is 11.9 Å². The number of nitrogens with one attached hydrogen (secondary N) is 1. The minimum Gasteiger partial charge on any atom is -0.461 e. The zero-order valence-electron chi connectivity index (χ0n) is 12.9. The number of aromatic nitrogens is 2. The Bertz CT molecular complexity index is 498. The van der Waals surface area contributed by atoms with Crippen LogP contribution in [-0.4, -0.2) is 34.3 Å². The number of carbonyl (C=O) groups excluding carboxylic acids is 2. The molecule has 1 rings (SSSR count). The summed E-state index contributed by atoms with van der Waals surface area (Å²) in [5, 5.41) is 6.51. The van der Waals surface area contributed by atoms with E-state index in [4.69, 9.17) is 9.47 Å². The first-order valence-electron chi connectivity index (χ1n) is 6.66. The molecule has 0 saturated carbocycles. The highest BCUT2D eigenvalue weighted by Gasteiger charge is 2.29. The summed E-state index contributed by atoms with van der Waals surface area (Å²) < 4.78 is 10.2. The molecular weight excluding hydrogens is 260 g/mol. The van der Waals surface area contributed by atoms with Gasteiger partial charge in [-0.05, 0) is 33.6 Å².